The van der Waals surface area contributed by atoms with E-state index in [-0.39, 0.29) is 6.54 Å². The highest BCUT2D eigenvalue weighted by atomic mass is 19.4. The maximum atomic E-state index is 12.5. The van der Waals surface area contributed by atoms with Crippen molar-refractivity contribution < 1.29 is 28.2 Å². The minimum atomic E-state index is -4.54. The van der Waals surface area contributed by atoms with Crippen molar-refractivity contribution >= 4 is 16.6 Å². The third-order valence-electron chi connectivity index (χ3n) is 4.56. The van der Waals surface area contributed by atoms with Crippen molar-refractivity contribution in [2.45, 2.75) is 19.2 Å². The summed E-state index contributed by atoms with van der Waals surface area (Å²) < 4.78 is 37.5. The van der Waals surface area contributed by atoms with Crippen molar-refractivity contribution in [2.75, 3.05) is 37.6 Å². The molecule has 1 aliphatic heterocycles. The Hall–Kier alpha value is -1.86. The lowest BCUT2D eigenvalue weighted by Gasteiger charge is -2.34. The smallest absolute Gasteiger partial charge is 0.379 e. The topological polar surface area (TPSA) is 42.0 Å². The minimum absolute atomic E-state index is 0.278. The number of anilines is 1. The van der Waals surface area contributed by atoms with E-state index in [0.29, 0.717) is 26.2 Å². The van der Waals surface area contributed by atoms with Crippen LogP contribution in [0.15, 0.2) is 30.3 Å². The van der Waals surface area contributed by atoms with Crippen LogP contribution >= 0.6 is 0 Å². The zero-order valence-corrected chi connectivity index (χ0v) is 13.5. The minimum Gasteiger partial charge on any atom is -0.379 e. The largest absolute Gasteiger partial charge is 0.419 e. The fraction of sp³-hybridized carbons (Fsp3) is 0.471. The molecule has 0 unspecified atom stereocenters. The van der Waals surface area contributed by atoms with Crippen molar-refractivity contribution in [3.63, 3.8) is 0 Å². The number of nitrogens with zero attached hydrogens (tertiary/aromatic N) is 1. The molecule has 130 valence electrons. The molecule has 0 spiro atoms. The molecule has 0 amide bonds. The Balaban J connectivity index is 1.71. The fourth-order valence-electron chi connectivity index (χ4n) is 3.27. The number of rotatable bonds is 3. The number of halogens is 3. The number of benzene rings is 1. The van der Waals surface area contributed by atoms with Crippen LogP contribution in [0.4, 0.5) is 18.9 Å². The van der Waals surface area contributed by atoms with E-state index < -0.39 is 12.3 Å². The molecule has 0 bridgehead atoms. The molecule has 2 heterocycles. The Labute approximate surface area is 138 Å². The number of para-hydroxylation sites is 1. The zero-order valence-electron chi connectivity index (χ0n) is 13.5. The summed E-state index contributed by atoms with van der Waals surface area (Å²) in [5, 5.41) is 10.3. The predicted molar refractivity (Wildman–Crippen MR) is 85.1 cm³/mol. The van der Waals surface area contributed by atoms with Gasteiger partial charge in [0, 0.05) is 19.1 Å². The van der Waals surface area contributed by atoms with E-state index in [9.17, 15) is 18.3 Å². The first-order chi connectivity index (χ1) is 11.3. The van der Waals surface area contributed by atoms with Crippen molar-refractivity contribution in [1.82, 2.24) is 0 Å². The molecule has 24 heavy (non-hydrogen) atoms. The van der Waals surface area contributed by atoms with E-state index >= 15 is 0 Å². The van der Waals surface area contributed by atoms with E-state index in [1.54, 1.807) is 0 Å². The average molecular weight is 341 g/mol. The van der Waals surface area contributed by atoms with Gasteiger partial charge in [0.15, 0.2) is 11.8 Å². The second-order valence-electron chi connectivity index (χ2n) is 6.38. The molecule has 4 nitrogen and oxygen atoms in total. The Kier molecular flexibility index (Phi) is 4.64. The first-order valence-corrected chi connectivity index (χ1v) is 8.09. The van der Waals surface area contributed by atoms with Gasteiger partial charge in [-0.1, -0.05) is 12.1 Å². The number of nitrogens with one attached hydrogen (secondary N) is 2. The number of aryl methyl sites for hydroxylation is 1. The number of piperazine rings is 1. The number of aliphatic hydroxyl groups excluding tert-OH is 1. The summed E-state index contributed by atoms with van der Waals surface area (Å²) in [4.78, 5) is 6.34. The number of hydrogen-bond donors (Lipinski definition) is 2. The highest BCUT2D eigenvalue weighted by Crippen LogP contribution is 2.25. The van der Waals surface area contributed by atoms with Gasteiger partial charge in [-0.3, -0.25) is 0 Å². The van der Waals surface area contributed by atoms with Gasteiger partial charge in [-0.05, 0) is 6.07 Å². The highest BCUT2D eigenvalue weighted by Gasteiger charge is 2.41. The molecular weight excluding hydrogens is 319 g/mol. The number of alkyl halides is 3. The standard InChI is InChI=1S/C17H20F3N3O/c1-12-10-15(13-4-2-3-5-14(13)21-12)23-8-6-22(7-9-23)11-16(24)17(18,19)20/h2-5,10,16,24H,6-9,11H2,1H3/p+2/t16-/m0/s1. The second kappa shape index (κ2) is 6.57. The maximum absolute atomic E-state index is 12.5. The van der Waals surface area contributed by atoms with Gasteiger partial charge in [-0.25, -0.2) is 4.98 Å². The van der Waals surface area contributed by atoms with Crippen LogP contribution in [0.2, 0.25) is 0 Å². The average Bonchev–Trinajstić information content (AvgIpc) is 2.54. The van der Waals surface area contributed by atoms with Crippen LogP contribution in [-0.2, 0) is 0 Å². The number of aromatic nitrogens is 1. The molecule has 1 aromatic carbocycles. The van der Waals surface area contributed by atoms with Gasteiger partial charge >= 0.3 is 6.18 Å². The Morgan fingerprint density at radius 3 is 2.58 bits per heavy atom. The molecule has 3 rings (SSSR count). The molecule has 0 saturated carbocycles. The van der Waals surface area contributed by atoms with Crippen LogP contribution in [0.25, 0.3) is 10.9 Å². The number of fused-ring (bicyclic) bond motifs is 1. The molecule has 0 radical (unpaired) electrons. The van der Waals surface area contributed by atoms with E-state index in [1.165, 1.54) is 0 Å². The van der Waals surface area contributed by atoms with Crippen molar-refractivity contribution in [3.05, 3.63) is 36.0 Å². The first-order valence-electron chi connectivity index (χ1n) is 8.09. The van der Waals surface area contributed by atoms with Crippen LogP contribution in [-0.4, -0.2) is 50.1 Å². The molecule has 0 aliphatic carbocycles. The van der Waals surface area contributed by atoms with Crippen LogP contribution < -0.4 is 14.8 Å². The van der Waals surface area contributed by atoms with Crippen LogP contribution in [0.5, 0.6) is 0 Å². The van der Waals surface area contributed by atoms with Gasteiger partial charge in [-0.15, -0.1) is 0 Å². The van der Waals surface area contributed by atoms with Crippen molar-refractivity contribution in [2.24, 2.45) is 0 Å². The summed E-state index contributed by atoms with van der Waals surface area (Å²) in [5.74, 6) is 0. The quantitative estimate of drug-likeness (QED) is 0.858. The lowest BCUT2D eigenvalue weighted by atomic mass is 10.1. The third kappa shape index (κ3) is 3.62. The van der Waals surface area contributed by atoms with Gasteiger partial charge in [0.25, 0.3) is 0 Å². The molecule has 1 aliphatic rings. The van der Waals surface area contributed by atoms with Crippen molar-refractivity contribution in [3.8, 4) is 0 Å². The first kappa shape index (κ1) is 17.0. The number of pyridine rings is 1. The molecule has 2 aromatic rings. The van der Waals surface area contributed by atoms with Gasteiger partial charge in [0.1, 0.15) is 6.54 Å². The van der Waals surface area contributed by atoms with E-state index in [2.05, 4.69) is 16.0 Å². The van der Waals surface area contributed by atoms with E-state index in [1.807, 2.05) is 31.2 Å². The lowest BCUT2D eigenvalue weighted by molar-refractivity contribution is -0.905. The molecule has 3 N–H and O–H groups in total. The lowest BCUT2D eigenvalue weighted by Crippen LogP contribution is -3.16. The third-order valence-corrected chi connectivity index (χ3v) is 4.56. The zero-order chi connectivity index (χ0) is 17.3. The second-order valence-corrected chi connectivity index (χ2v) is 6.38. The van der Waals surface area contributed by atoms with Gasteiger partial charge in [0.05, 0.1) is 37.3 Å². The van der Waals surface area contributed by atoms with Crippen LogP contribution in [0.1, 0.15) is 5.69 Å². The predicted octanol–water partition coefficient (Wildman–Crippen LogP) is 0.590. The highest BCUT2D eigenvalue weighted by molar-refractivity contribution is 5.89. The molecule has 1 fully saturated rings. The molecular formula is C17H22F3N3O+2. The summed E-state index contributed by atoms with van der Waals surface area (Å²) in [6.45, 7) is 4.23. The van der Waals surface area contributed by atoms with Gasteiger partial charge in [0.2, 0.25) is 5.52 Å². The monoisotopic (exact) mass is 341 g/mol. The maximum Gasteiger partial charge on any atom is 0.419 e. The summed E-state index contributed by atoms with van der Waals surface area (Å²) in [5.41, 5.74) is 3.21. The molecule has 1 atom stereocenters. The molecule has 1 aromatic heterocycles. The number of quaternary nitrogens is 1. The van der Waals surface area contributed by atoms with Gasteiger partial charge in [-0.2, -0.15) is 13.2 Å². The normalized spacial score (nSPS) is 18.1. The van der Waals surface area contributed by atoms with E-state index in [0.717, 1.165) is 27.2 Å². The number of aliphatic hydroxyl groups is 1. The van der Waals surface area contributed by atoms with Crippen molar-refractivity contribution in [1.29, 1.82) is 0 Å². The number of H-pyrrole nitrogens is 1. The Bertz CT molecular complexity index is 712. The summed E-state index contributed by atoms with van der Waals surface area (Å²) in [6, 6.07) is 10.1. The van der Waals surface area contributed by atoms with Crippen LogP contribution in [0.3, 0.4) is 0 Å². The van der Waals surface area contributed by atoms with Crippen LogP contribution in [0, 0.1) is 6.92 Å². The van der Waals surface area contributed by atoms with E-state index in [4.69, 9.17) is 0 Å². The summed E-state index contributed by atoms with van der Waals surface area (Å²) in [7, 11) is 0. The Morgan fingerprint density at radius 2 is 1.92 bits per heavy atom. The summed E-state index contributed by atoms with van der Waals surface area (Å²) in [6.07, 6.45) is -6.78. The molecule has 1 saturated heterocycles. The molecule has 7 heteroatoms. The fourth-order valence-corrected chi connectivity index (χ4v) is 3.27. The number of aromatic amines is 1. The summed E-state index contributed by atoms with van der Waals surface area (Å²) >= 11 is 0. The SMILES string of the molecule is Cc1cc(N2CC[NH+](C[C@H](O)C(F)(F)F)CC2)c2ccccc2[nH+]1. The Morgan fingerprint density at radius 1 is 1.25 bits per heavy atom. The van der Waals surface area contributed by atoms with Gasteiger partial charge < -0.3 is 14.9 Å². The number of hydrogen-bond acceptors (Lipinski definition) is 2.